The molecular weight excluding hydrogens is 331 g/mol. The smallest absolute Gasteiger partial charge is 0.259 e. The molecule has 0 saturated carbocycles. The minimum absolute atomic E-state index is 0.00223. The molecule has 1 aliphatic rings. The van der Waals surface area contributed by atoms with Crippen LogP contribution in [0.2, 0.25) is 0 Å². The molecule has 0 spiro atoms. The van der Waals surface area contributed by atoms with Crippen LogP contribution < -0.4 is 9.80 Å². The lowest BCUT2D eigenvalue weighted by Crippen LogP contribution is -2.43. The molecule has 24 heavy (non-hydrogen) atoms. The first-order valence-electron chi connectivity index (χ1n) is 7.40. The highest BCUT2D eigenvalue weighted by Crippen LogP contribution is 2.34. The normalized spacial score (nSPS) is 14.5. The van der Waals surface area contributed by atoms with E-state index >= 15 is 0 Å². The third-order valence-electron chi connectivity index (χ3n) is 4.06. The first-order chi connectivity index (χ1) is 11.3. The van der Waals surface area contributed by atoms with Crippen molar-refractivity contribution in [2.45, 2.75) is 4.90 Å². The van der Waals surface area contributed by atoms with E-state index in [1.54, 1.807) is 18.2 Å². The number of anilines is 2. The summed E-state index contributed by atoms with van der Waals surface area (Å²) >= 11 is 0. The molecular formula is C17H17FN2O3S. The van der Waals surface area contributed by atoms with E-state index in [1.807, 2.05) is 11.9 Å². The van der Waals surface area contributed by atoms with Crippen LogP contribution in [-0.4, -0.2) is 40.7 Å². The van der Waals surface area contributed by atoms with Crippen LogP contribution in [0, 0.1) is 5.82 Å². The molecule has 126 valence electrons. The highest BCUT2D eigenvalue weighted by molar-refractivity contribution is 7.90. The molecule has 0 aromatic heterocycles. The van der Waals surface area contributed by atoms with Gasteiger partial charge in [-0.3, -0.25) is 4.79 Å². The Morgan fingerprint density at radius 2 is 1.79 bits per heavy atom. The summed E-state index contributed by atoms with van der Waals surface area (Å²) in [6.45, 7) is 0.926. The molecule has 0 saturated heterocycles. The van der Waals surface area contributed by atoms with Crippen molar-refractivity contribution in [3.63, 3.8) is 0 Å². The average Bonchev–Trinajstić information content (AvgIpc) is 2.54. The molecule has 0 N–H and O–H groups in total. The van der Waals surface area contributed by atoms with E-state index in [4.69, 9.17) is 0 Å². The lowest BCUT2D eigenvalue weighted by atomic mass is 10.1. The van der Waals surface area contributed by atoms with Gasteiger partial charge in [0.2, 0.25) is 0 Å². The molecule has 0 fully saturated rings. The van der Waals surface area contributed by atoms with Gasteiger partial charge in [-0.05, 0) is 30.3 Å². The Balaban J connectivity index is 2.09. The van der Waals surface area contributed by atoms with Crippen molar-refractivity contribution in [2.75, 3.05) is 36.2 Å². The lowest BCUT2D eigenvalue weighted by Gasteiger charge is -2.35. The molecule has 2 aromatic carbocycles. The summed E-state index contributed by atoms with van der Waals surface area (Å²) in [6, 6.07) is 10.3. The Hall–Kier alpha value is -2.41. The fraction of sp³-hybridized carbons (Fsp3) is 0.235. The molecule has 0 unspecified atom stereocenters. The van der Waals surface area contributed by atoms with E-state index in [9.17, 15) is 17.6 Å². The molecule has 0 radical (unpaired) electrons. The van der Waals surface area contributed by atoms with E-state index in [-0.39, 0.29) is 16.3 Å². The van der Waals surface area contributed by atoms with E-state index in [0.717, 1.165) is 6.26 Å². The van der Waals surface area contributed by atoms with Gasteiger partial charge >= 0.3 is 0 Å². The Morgan fingerprint density at radius 1 is 1.08 bits per heavy atom. The minimum atomic E-state index is -3.53. The predicted molar refractivity (Wildman–Crippen MR) is 90.9 cm³/mol. The van der Waals surface area contributed by atoms with Crippen molar-refractivity contribution in [1.29, 1.82) is 0 Å². The Morgan fingerprint density at radius 3 is 2.50 bits per heavy atom. The number of benzene rings is 2. The maximum atomic E-state index is 13.5. The van der Waals surface area contributed by atoms with Crippen LogP contribution in [0.1, 0.15) is 10.4 Å². The third kappa shape index (κ3) is 2.87. The number of carbonyl (C=O) groups is 1. The molecule has 7 heteroatoms. The fourth-order valence-electron chi connectivity index (χ4n) is 2.84. The van der Waals surface area contributed by atoms with Gasteiger partial charge in [-0.25, -0.2) is 12.8 Å². The first-order valence-corrected chi connectivity index (χ1v) is 9.30. The molecule has 0 aliphatic carbocycles. The molecule has 3 rings (SSSR count). The van der Waals surface area contributed by atoms with Crippen molar-refractivity contribution in [3.05, 3.63) is 53.8 Å². The number of likely N-dealkylation sites (N-methyl/N-ethyl adjacent to an activating group) is 1. The van der Waals surface area contributed by atoms with Crippen molar-refractivity contribution in [2.24, 2.45) is 0 Å². The summed E-state index contributed by atoms with van der Waals surface area (Å²) < 4.78 is 37.4. The summed E-state index contributed by atoms with van der Waals surface area (Å²) in [4.78, 5) is 16.3. The number of rotatable bonds is 2. The second-order valence-corrected chi connectivity index (χ2v) is 7.76. The van der Waals surface area contributed by atoms with E-state index in [0.29, 0.717) is 24.5 Å². The molecule has 0 bridgehead atoms. The quantitative estimate of drug-likeness (QED) is 0.836. The molecule has 1 aliphatic heterocycles. The highest BCUT2D eigenvalue weighted by Gasteiger charge is 2.29. The van der Waals surface area contributed by atoms with Crippen molar-refractivity contribution in [3.8, 4) is 0 Å². The van der Waals surface area contributed by atoms with Crippen LogP contribution in [0.15, 0.2) is 47.4 Å². The number of amides is 1. The Kier molecular flexibility index (Phi) is 4.04. The fourth-order valence-corrected chi connectivity index (χ4v) is 3.73. The summed E-state index contributed by atoms with van der Waals surface area (Å²) in [5.74, 6) is -0.789. The Labute approximate surface area is 140 Å². The van der Waals surface area contributed by atoms with Crippen LogP contribution in [0.5, 0.6) is 0 Å². The maximum Gasteiger partial charge on any atom is 0.259 e. The second-order valence-electron chi connectivity index (χ2n) is 5.78. The number of halogens is 1. The lowest BCUT2D eigenvalue weighted by molar-refractivity contribution is 0.0983. The van der Waals surface area contributed by atoms with Gasteiger partial charge < -0.3 is 9.80 Å². The van der Waals surface area contributed by atoms with Crippen molar-refractivity contribution in [1.82, 2.24) is 0 Å². The number of hydrogen-bond acceptors (Lipinski definition) is 4. The van der Waals surface area contributed by atoms with Crippen LogP contribution >= 0.6 is 0 Å². The number of fused-ring (bicyclic) bond motifs is 1. The molecule has 2 aromatic rings. The van der Waals surface area contributed by atoms with E-state index < -0.39 is 15.7 Å². The molecule has 1 heterocycles. The topological polar surface area (TPSA) is 57.7 Å². The van der Waals surface area contributed by atoms with Crippen LogP contribution in [0.4, 0.5) is 15.8 Å². The molecule has 0 atom stereocenters. The Bertz CT molecular complexity index is 912. The number of sulfone groups is 1. The van der Waals surface area contributed by atoms with Crippen molar-refractivity contribution >= 4 is 27.1 Å². The number of nitrogens with zero attached hydrogens (tertiary/aromatic N) is 2. The average molecular weight is 348 g/mol. The zero-order valence-corrected chi connectivity index (χ0v) is 14.2. The third-order valence-corrected chi connectivity index (χ3v) is 5.22. The summed E-state index contributed by atoms with van der Waals surface area (Å²) in [5, 5.41) is 0. The summed E-state index contributed by atoms with van der Waals surface area (Å²) in [6.07, 6.45) is 1.08. The zero-order valence-electron chi connectivity index (χ0n) is 13.4. The second kappa shape index (κ2) is 5.90. The maximum absolute atomic E-state index is 13.5. The van der Waals surface area contributed by atoms with Gasteiger partial charge in [0, 0.05) is 26.4 Å². The SMILES string of the molecule is CN1CCN(C(=O)c2ccccc2S(C)(=O)=O)c2ccc(F)cc21. The number of hydrogen-bond donors (Lipinski definition) is 0. The van der Waals surface area contributed by atoms with E-state index in [2.05, 4.69) is 0 Å². The number of carbonyl (C=O) groups excluding carboxylic acids is 1. The van der Waals surface area contributed by atoms with Gasteiger partial charge in [0.15, 0.2) is 9.84 Å². The molecule has 1 amide bonds. The van der Waals surface area contributed by atoms with Gasteiger partial charge in [0.05, 0.1) is 21.8 Å². The van der Waals surface area contributed by atoms with Crippen LogP contribution in [-0.2, 0) is 9.84 Å². The van der Waals surface area contributed by atoms with Gasteiger partial charge in [-0.15, -0.1) is 0 Å². The first kappa shape index (κ1) is 16.4. The van der Waals surface area contributed by atoms with Crippen LogP contribution in [0.25, 0.3) is 0 Å². The summed E-state index contributed by atoms with van der Waals surface area (Å²) in [7, 11) is -1.71. The highest BCUT2D eigenvalue weighted by atomic mass is 32.2. The van der Waals surface area contributed by atoms with Gasteiger partial charge in [-0.1, -0.05) is 12.1 Å². The van der Waals surface area contributed by atoms with Gasteiger partial charge in [-0.2, -0.15) is 0 Å². The van der Waals surface area contributed by atoms with Gasteiger partial charge in [0.1, 0.15) is 5.82 Å². The largest absolute Gasteiger partial charge is 0.371 e. The predicted octanol–water partition coefficient (Wildman–Crippen LogP) is 2.33. The van der Waals surface area contributed by atoms with Crippen LogP contribution in [0.3, 0.4) is 0 Å². The van der Waals surface area contributed by atoms with E-state index in [1.165, 1.54) is 29.2 Å². The summed E-state index contributed by atoms with van der Waals surface area (Å²) in [5.41, 5.74) is 1.30. The minimum Gasteiger partial charge on any atom is -0.371 e. The monoisotopic (exact) mass is 348 g/mol. The van der Waals surface area contributed by atoms with Gasteiger partial charge in [0.25, 0.3) is 5.91 Å². The zero-order chi connectivity index (χ0) is 17.5. The van der Waals surface area contributed by atoms with Crippen molar-refractivity contribution < 1.29 is 17.6 Å². The molecule has 5 nitrogen and oxygen atoms in total. The standard InChI is InChI=1S/C17H17FN2O3S/c1-19-9-10-20(14-8-7-12(18)11-15(14)19)17(21)13-5-3-4-6-16(13)24(2,22)23/h3-8,11H,9-10H2,1-2H3.